The van der Waals surface area contributed by atoms with E-state index in [0.29, 0.717) is 30.5 Å². The van der Waals surface area contributed by atoms with Gasteiger partial charge in [0.2, 0.25) is 0 Å². The van der Waals surface area contributed by atoms with Gasteiger partial charge < -0.3 is 10.0 Å². The van der Waals surface area contributed by atoms with Gasteiger partial charge in [0, 0.05) is 37.7 Å². The highest BCUT2D eigenvalue weighted by molar-refractivity contribution is 5.17. The third kappa shape index (κ3) is 2.60. The smallest absolute Gasteiger partial charge is 0.0477 e. The number of hydrogen-bond donors (Lipinski definition) is 1. The highest BCUT2D eigenvalue weighted by atomic mass is 16.3. The number of hydrogen-bond acceptors (Lipinski definition) is 3. The van der Waals surface area contributed by atoms with Gasteiger partial charge in [-0.25, -0.2) is 0 Å². The number of rotatable bonds is 6. The SMILES string of the molecule is CCN(CC)[C@@H]1[C@@H](CO)[C@H]2CN(Cc3ccccc3)[C@H](C)[C@H]21. The first-order valence-electron chi connectivity index (χ1n) is 8.84. The predicted molar refractivity (Wildman–Crippen MR) is 90.6 cm³/mol. The second kappa shape index (κ2) is 6.69. The first kappa shape index (κ1) is 16.0. The number of nitrogens with zero attached hydrogens (tertiary/aromatic N) is 2. The molecule has 122 valence electrons. The molecule has 1 aromatic rings. The van der Waals surface area contributed by atoms with Crippen molar-refractivity contribution in [2.45, 2.75) is 39.4 Å². The van der Waals surface area contributed by atoms with E-state index in [2.05, 4.69) is 60.9 Å². The fraction of sp³-hybridized carbons (Fsp3) is 0.684. The Morgan fingerprint density at radius 2 is 1.86 bits per heavy atom. The van der Waals surface area contributed by atoms with Gasteiger partial charge in [0.1, 0.15) is 0 Å². The van der Waals surface area contributed by atoms with E-state index in [-0.39, 0.29) is 0 Å². The molecule has 1 aliphatic heterocycles. The van der Waals surface area contributed by atoms with Crippen molar-refractivity contribution in [1.29, 1.82) is 0 Å². The molecule has 1 aliphatic carbocycles. The molecule has 1 heterocycles. The van der Waals surface area contributed by atoms with E-state index >= 15 is 0 Å². The monoisotopic (exact) mass is 302 g/mol. The highest BCUT2D eigenvalue weighted by Crippen LogP contribution is 2.51. The molecule has 0 radical (unpaired) electrons. The summed E-state index contributed by atoms with van der Waals surface area (Å²) in [5, 5.41) is 9.86. The summed E-state index contributed by atoms with van der Waals surface area (Å²) in [6.07, 6.45) is 0. The third-order valence-corrected chi connectivity index (χ3v) is 6.13. The molecule has 3 rings (SSSR count). The predicted octanol–water partition coefficient (Wildman–Crippen LogP) is 2.46. The second-order valence-electron chi connectivity index (χ2n) is 6.96. The van der Waals surface area contributed by atoms with Gasteiger partial charge in [-0.1, -0.05) is 44.2 Å². The van der Waals surface area contributed by atoms with Crippen LogP contribution >= 0.6 is 0 Å². The van der Waals surface area contributed by atoms with Crippen LogP contribution in [0.25, 0.3) is 0 Å². The van der Waals surface area contributed by atoms with Crippen LogP contribution in [0.2, 0.25) is 0 Å². The quantitative estimate of drug-likeness (QED) is 0.874. The first-order chi connectivity index (χ1) is 10.7. The van der Waals surface area contributed by atoms with Gasteiger partial charge in [-0.15, -0.1) is 0 Å². The van der Waals surface area contributed by atoms with Crippen LogP contribution in [0.1, 0.15) is 26.3 Å². The number of aliphatic hydroxyl groups excluding tert-OH is 1. The first-order valence-corrected chi connectivity index (χ1v) is 8.84. The molecule has 3 heteroatoms. The summed E-state index contributed by atoms with van der Waals surface area (Å²) in [6.45, 7) is 11.6. The highest BCUT2D eigenvalue weighted by Gasteiger charge is 2.58. The Morgan fingerprint density at radius 1 is 1.18 bits per heavy atom. The maximum absolute atomic E-state index is 9.86. The summed E-state index contributed by atoms with van der Waals surface area (Å²) in [4.78, 5) is 5.18. The molecule has 5 atom stereocenters. The lowest BCUT2D eigenvalue weighted by atomic mass is 9.60. The molecule has 2 fully saturated rings. The Balaban J connectivity index is 1.72. The van der Waals surface area contributed by atoms with Crippen LogP contribution in [0.5, 0.6) is 0 Å². The van der Waals surface area contributed by atoms with E-state index in [1.807, 2.05) is 0 Å². The van der Waals surface area contributed by atoms with Crippen LogP contribution in [-0.4, -0.2) is 53.2 Å². The number of benzene rings is 1. The molecule has 1 N–H and O–H groups in total. The minimum atomic E-state index is 0.341. The van der Waals surface area contributed by atoms with Crippen molar-refractivity contribution in [3.05, 3.63) is 35.9 Å². The van der Waals surface area contributed by atoms with E-state index in [1.165, 1.54) is 5.56 Å². The molecular weight excluding hydrogens is 272 g/mol. The van der Waals surface area contributed by atoms with Crippen LogP contribution in [-0.2, 0) is 6.54 Å². The van der Waals surface area contributed by atoms with E-state index in [4.69, 9.17) is 0 Å². The molecule has 1 saturated carbocycles. The maximum atomic E-state index is 9.86. The minimum absolute atomic E-state index is 0.341. The van der Waals surface area contributed by atoms with Crippen molar-refractivity contribution in [2.24, 2.45) is 17.8 Å². The maximum Gasteiger partial charge on any atom is 0.0477 e. The fourth-order valence-electron chi connectivity index (χ4n) is 4.94. The van der Waals surface area contributed by atoms with Crippen molar-refractivity contribution < 1.29 is 5.11 Å². The Kier molecular flexibility index (Phi) is 4.86. The van der Waals surface area contributed by atoms with Gasteiger partial charge in [-0.05, 0) is 37.4 Å². The van der Waals surface area contributed by atoms with Crippen LogP contribution in [0.3, 0.4) is 0 Å². The van der Waals surface area contributed by atoms with Crippen LogP contribution in [0.15, 0.2) is 30.3 Å². The zero-order chi connectivity index (χ0) is 15.7. The lowest BCUT2D eigenvalue weighted by Crippen LogP contribution is -2.62. The summed E-state index contributed by atoms with van der Waals surface area (Å²) in [7, 11) is 0. The van der Waals surface area contributed by atoms with Gasteiger partial charge in [-0.2, -0.15) is 0 Å². The standard InChI is InChI=1S/C19H30N2O/c1-4-20(5-2)19-17(13-22)16-12-21(14(3)18(16)19)11-15-9-7-6-8-10-15/h6-10,14,16-19,22H,4-5,11-13H2,1-3H3/t14-,16-,17+,18-,19-/m1/s1. The lowest BCUT2D eigenvalue weighted by molar-refractivity contribution is -0.0682. The van der Waals surface area contributed by atoms with Crippen molar-refractivity contribution in [3.8, 4) is 0 Å². The Hall–Kier alpha value is -0.900. The van der Waals surface area contributed by atoms with E-state index < -0.39 is 0 Å². The molecule has 0 aromatic heterocycles. The molecule has 0 bridgehead atoms. The van der Waals surface area contributed by atoms with E-state index in [1.54, 1.807) is 0 Å². The van der Waals surface area contributed by atoms with Crippen LogP contribution in [0.4, 0.5) is 0 Å². The molecule has 1 saturated heterocycles. The van der Waals surface area contributed by atoms with Gasteiger partial charge in [0.15, 0.2) is 0 Å². The van der Waals surface area contributed by atoms with Gasteiger partial charge in [0.05, 0.1) is 0 Å². The third-order valence-electron chi connectivity index (χ3n) is 6.13. The van der Waals surface area contributed by atoms with E-state index in [0.717, 1.165) is 32.1 Å². The number of likely N-dealkylation sites (tertiary alicyclic amines) is 1. The summed E-state index contributed by atoms with van der Waals surface area (Å²) in [5.41, 5.74) is 1.40. The Labute approximate surface area is 134 Å². The van der Waals surface area contributed by atoms with E-state index in [9.17, 15) is 5.11 Å². The number of aliphatic hydroxyl groups is 1. The largest absolute Gasteiger partial charge is 0.396 e. The summed E-state index contributed by atoms with van der Waals surface area (Å²) >= 11 is 0. The summed E-state index contributed by atoms with van der Waals surface area (Å²) in [5.74, 6) is 1.86. The van der Waals surface area contributed by atoms with Crippen molar-refractivity contribution in [3.63, 3.8) is 0 Å². The molecule has 0 spiro atoms. The molecule has 2 aliphatic rings. The molecular formula is C19H30N2O. The topological polar surface area (TPSA) is 26.7 Å². The molecule has 0 unspecified atom stereocenters. The van der Waals surface area contributed by atoms with Crippen molar-refractivity contribution in [2.75, 3.05) is 26.2 Å². The molecule has 22 heavy (non-hydrogen) atoms. The van der Waals surface area contributed by atoms with Crippen LogP contribution < -0.4 is 0 Å². The second-order valence-corrected chi connectivity index (χ2v) is 6.96. The number of fused-ring (bicyclic) bond motifs is 1. The van der Waals surface area contributed by atoms with Gasteiger partial charge in [-0.3, -0.25) is 4.90 Å². The zero-order valence-electron chi connectivity index (χ0n) is 14.2. The van der Waals surface area contributed by atoms with Crippen molar-refractivity contribution >= 4 is 0 Å². The lowest BCUT2D eigenvalue weighted by Gasteiger charge is -2.54. The average molecular weight is 302 g/mol. The minimum Gasteiger partial charge on any atom is -0.396 e. The summed E-state index contributed by atoms with van der Waals surface area (Å²) in [6, 6.07) is 12.0. The summed E-state index contributed by atoms with van der Waals surface area (Å²) < 4.78 is 0. The van der Waals surface area contributed by atoms with Crippen molar-refractivity contribution in [1.82, 2.24) is 9.80 Å². The Bertz CT molecular complexity index is 474. The fourth-order valence-corrected chi connectivity index (χ4v) is 4.94. The molecule has 1 aromatic carbocycles. The average Bonchev–Trinajstić information content (AvgIpc) is 2.79. The van der Waals surface area contributed by atoms with Crippen LogP contribution in [0, 0.1) is 17.8 Å². The zero-order valence-corrected chi connectivity index (χ0v) is 14.2. The van der Waals surface area contributed by atoms with Gasteiger partial charge in [0.25, 0.3) is 0 Å². The normalized spacial score (nSPS) is 34.7. The molecule has 3 nitrogen and oxygen atoms in total. The van der Waals surface area contributed by atoms with Gasteiger partial charge >= 0.3 is 0 Å². The Morgan fingerprint density at radius 3 is 2.45 bits per heavy atom. The molecule has 0 amide bonds.